The Balaban J connectivity index is 2.08. The second-order valence-corrected chi connectivity index (χ2v) is 16.3. The van der Waals surface area contributed by atoms with E-state index in [1.54, 1.807) is 0 Å². The maximum absolute atomic E-state index is 13.4. The third-order valence-electron chi connectivity index (χ3n) is 11.6. The molecule has 0 aromatic rings. The lowest BCUT2D eigenvalue weighted by molar-refractivity contribution is 0.397. The van der Waals surface area contributed by atoms with Crippen molar-refractivity contribution in [1.29, 1.82) is 0 Å². The van der Waals surface area contributed by atoms with E-state index in [0.29, 0.717) is 22.3 Å². The summed E-state index contributed by atoms with van der Waals surface area (Å²) in [7, 11) is 0. The summed E-state index contributed by atoms with van der Waals surface area (Å²) < 4.78 is 0. The van der Waals surface area contributed by atoms with Gasteiger partial charge < -0.3 is 0 Å². The van der Waals surface area contributed by atoms with Crippen LogP contribution in [0.5, 0.6) is 0 Å². The van der Waals surface area contributed by atoms with E-state index in [1.807, 2.05) is 0 Å². The van der Waals surface area contributed by atoms with Crippen molar-refractivity contribution in [2.75, 3.05) is 0 Å². The van der Waals surface area contributed by atoms with Crippen LogP contribution in [0.2, 0.25) is 0 Å². The van der Waals surface area contributed by atoms with Crippen molar-refractivity contribution in [1.82, 2.24) is 9.97 Å². The molecule has 2 atom stereocenters. The van der Waals surface area contributed by atoms with Gasteiger partial charge in [0.1, 0.15) is 0 Å². The SMILES string of the molecule is CCCCCCCCCCC(CCCCCCCC)Cc1nc(=O)c2c(CC(CCCCCCCC)CCCCCCCCCC)nc(=O)c1=2. The molecule has 0 saturated carbocycles. The van der Waals surface area contributed by atoms with Gasteiger partial charge >= 0.3 is 0 Å². The van der Waals surface area contributed by atoms with Gasteiger partial charge in [0.2, 0.25) is 0 Å². The Kier molecular flexibility index (Phi) is 26.7. The van der Waals surface area contributed by atoms with Gasteiger partial charge in [0.15, 0.2) is 0 Å². The maximum atomic E-state index is 13.4. The molecule has 0 amide bonds. The average Bonchev–Trinajstić information content (AvgIpc) is 3.62. The highest BCUT2D eigenvalue weighted by molar-refractivity contribution is 5.23. The van der Waals surface area contributed by atoms with E-state index in [1.165, 1.54) is 205 Å². The Morgan fingerprint density at radius 2 is 0.560 bits per heavy atom. The van der Waals surface area contributed by atoms with Gasteiger partial charge in [0.05, 0.1) is 21.8 Å². The number of hydrogen-bond donors (Lipinski definition) is 0. The summed E-state index contributed by atoms with van der Waals surface area (Å²) in [5, 5.41) is 1.17. The van der Waals surface area contributed by atoms with Gasteiger partial charge in [-0.15, -0.1) is 0 Å². The van der Waals surface area contributed by atoms with E-state index in [2.05, 4.69) is 37.7 Å². The van der Waals surface area contributed by atoms with Crippen LogP contribution in [0.1, 0.15) is 245 Å². The van der Waals surface area contributed by atoms with Crippen LogP contribution in [-0.4, -0.2) is 9.97 Å². The summed E-state index contributed by atoms with van der Waals surface area (Å²) in [6.45, 7) is 9.12. The van der Waals surface area contributed by atoms with Gasteiger partial charge in [0, 0.05) is 0 Å². The molecule has 0 saturated heterocycles. The highest BCUT2D eigenvalue weighted by atomic mass is 16.1. The summed E-state index contributed by atoms with van der Waals surface area (Å²) >= 11 is 0. The van der Waals surface area contributed by atoms with Crippen LogP contribution in [0.15, 0.2) is 9.59 Å². The van der Waals surface area contributed by atoms with Crippen LogP contribution >= 0.6 is 0 Å². The van der Waals surface area contributed by atoms with Crippen LogP contribution in [0, 0.1) is 22.3 Å². The van der Waals surface area contributed by atoms with Crippen LogP contribution in [-0.2, 0) is 12.8 Å². The van der Waals surface area contributed by atoms with Gasteiger partial charge in [-0.1, -0.05) is 233 Å². The molecule has 0 radical (unpaired) electrons. The lowest BCUT2D eigenvalue weighted by atomic mass is 9.89. The zero-order chi connectivity index (χ0) is 36.1. The van der Waals surface area contributed by atoms with E-state index in [9.17, 15) is 9.59 Å². The van der Waals surface area contributed by atoms with Crippen molar-refractivity contribution in [2.45, 2.75) is 246 Å². The maximum Gasteiger partial charge on any atom is 0.279 e. The molecular weight excluding hydrogens is 613 g/mol. The first-order valence-corrected chi connectivity index (χ1v) is 22.5. The Bertz CT molecular complexity index is 1110. The Morgan fingerprint density at radius 3 is 0.800 bits per heavy atom. The summed E-state index contributed by atoms with van der Waals surface area (Å²) in [5.41, 5.74) is 1.16. The van der Waals surface area contributed by atoms with E-state index in [0.717, 1.165) is 24.2 Å². The van der Waals surface area contributed by atoms with Crippen molar-refractivity contribution in [3.63, 3.8) is 0 Å². The summed E-state index contributed by atoms with van der Waals surface area (Å²) in [4.78, 5) is 36.1. The molecule has 0 aromatic heterocycles. The molecule has 2 aliphatic rings. The summed E-state index contributed by atoms with van der Waals surface area (Å²) in [6.07, 6.45) is 43.1. The van der Waals surface area contributed by atoms with Gasteiger partial charge in [-0.05, 0) is 24.7 Å². The molecule has 2 aliphatic heterocycles. The number of nitrogens with zero attached hydrogens (tertiary/aromatic N) is 2. The third-order valence-corrected chi connectivity index (χ3v) is 11.6. The molecule has 4 nitrogen and oxygen atoms in total. The normalized spacial score (nSPS) is 13.1. The van der Waals surface area contributed by atoms with Gasteiger partial charge in [-0.3, -0.25) is 9.59 Å². The lowest BCUT2D eigenvalue weighted by Gasteiger charge is -2.16. The summed E-state index contributed by atoms with van der Waals surface area (Å²) in [5.74, 6) is 0.998. The second kappa shape index (κ2) is 29.9. The fourth-order valence-corrected chi connectivity index (χ4v) is 8.32. The van der Waals surface area contributed by atoms with Crippen LogP contribution in [0.25, 0.3) is 0 Å². The highest BCUT2D eigenvalue weighted by Gasteiger charge is 2.22. The van der Waals surface area contributed by atoms with E-state index in [-0.39, 0.29) is 11.1 Å². The summed E-state index contributed by atoms with van der Waals surface area (Å²) in [6, 6.07) is 0. The fourth-order valence-electron chi connectivity index (χ4n) is 8.32. The molecule has 0 fully saturated rings. The standard InChI is InChI=1S/C46H82N2O2/c1-5-9-13-17-21-23-27-31-35-39(33-29-25-19-15-11-7-3)37-41-43-44(46(50)47-41)42(48-45(43)49)38-40(34-30-26-20-16-12-8-4)36-32-28-24-22-18-14-10-6-2/h39-40H,5-38H2,1-4H3. The predicted octanol–water partition coefficient (Wildman–Crippen LogP) is 13.7. The molecule has 2 heterocycles. The van der Waals surface area contributed by atoms with Crippen molar-refractivity contribution in [2.24, 2.45) is 11.8 Å². The van der Waals surface area contributed by atoms with E-state index >= 15 is 0 Å². The van der Waals surface area contributed by atoms with Crippen molar-refractivity contribution < 1.29 is 0 Å². The highest BCUT2D eigenvalue weighted by Crippen LogP contribution is 2.26. The Morgan fingerprint density at radius 1 is 0.340 bits per heavy atom. The first-order valence-electron chi connectivity index (χ1n) is 22.5. The molecule has 2 rings (SSSR count). The largest absolute Gasteiger partial charge is 0.279 e. The van der Waals surface area contributed by atoms with Gasteiger partial charge in [-0.25, -0.2) is 9.97 Å². The fraction of sp³-hybridized carbons (Fsp3) is 0.870. The van der Waals surface area contributed by atoms with E-state index in [4.69, 9.17) is 0 Å². The van der Waals surface area contributed by atoms with Crippen LogP contribution in [0.4, 0.5) is 0 Å². The predicted molar refractivity (Wildman–Crippen MR) is 217 cm³/mol. The molecule has 0 spiro atoms. The molecule has 0 aromatic carbocycles. The van der Waals surface area contributed by atoms with Crippen molar-refractivity contribution >= 4 is 0 Å². The third kappa shape index (κ3) is 19.3. The first-order chi connectivity index (χ1) is 24.5. The smallest absolute Gasteiger partial charge is 0.267 e. The Hall–Kier alpha value is -1.58. The monoisotopic (exact) mass is 695 g/mol. The zero-order valence-electron chi connectivity index (χ0n) is 33.9. The lowest BCUT2D eigenvalue weighted by Crippen LogP contribution is -2.13. The van der Waals surface area contributed by atoms with Crippen molar-refractivity contribution in [3.05, 3.63) is 42.5 Å². The molecule has 0 N–H and O–H groups in total. The number of aromatic nitrogens is 2. The minimum atomic E-state index is -0.185. The zero-order valence-corrected chi connectivity index (χ0v) is 33.9. The van der Waals surface area contributed by atoms with Gasteiger partial charge in [-0.2, -0.15) is 0 Å². The number of hydrogen-bond acceptors (Lipinski definition) is 4. The minimum Gasteiger partial charge on any atom is -0.267 e. The number of unbranched alkanes of at least 4 members (excludes halogenated alkanes) is 24. The van der Waals surface area contributed by atoms with Crippen LogP contribution < -0.4 is 11.1 Å². The average molecular weight is 695 g/mol. The number of rotatable bonds is 36. The first kappa shape index (κ1) is 44.6. The van der Waals surface area contributed by atoms with Crippen LogP contribution in [0.3, 0.4) is 0 Å². The van der Waals surface area contributed by atoms with E-state index < -0.39 is 0 Å². The molecule has 4 heteroatoms. The molecule has 2 unspecified atom stereocenters. The minimum absolute atomic E-state index is 0.185. The topological polar surface area (TPSA) is 59.9 Å². The molecule has 50 heavy (non-hydrogen) atoms. The second-order valence-electron chi connectivity index (χ2n) is 16.3. The Labute approximate surface area is 309 Å². The molecule has 0 aliphatic carbocycles. The molecule has 0 bridgehead atoms. The molecular formula is C46H82N2O2. The quantitative estimate of drug-likeness (QED) is 0.0666. The van der Waals surface area contributed by atoms with Gasteiger partial charge in [0.25, 0.3) is 11.1 Å². The molecule has 288 valence electrons. The van der Waals surface area contributed by atoms with Crippen molar-refractivity contribution in [3.8, 4) is 0 Å².